The van der Waals surface area contributed by atoms with E-state index < -0.39 is 0 Å². The lowest BCUT2D eigenvalue weighted by molar-refractivity contribution is -0.697. The zero-order valence-corrected chi connectivity index (χ0v) is 16.1. The topological polar surface area (TPSA) is 95.6 Å². The second-order valence-electron chi connectivity index (χ2n) is 6.76. The Morgan fingerprint density at radius 3 is 2.82 bits per heavy atom. The van der Waals surface area contributed by atoms with E-state index in [0.29, 0.717) is 38.1 Å². The van der Waals surface area contributed by atoms with Crippen LogP contribution in [-0.2, 0) is 30.7 Å². The van der Waals surface area contributed by atoms with Crippen molar-refractivity contribution >= 4 is 5.97 Å². The summed E-state index contributed by atoms with van der Waals surface area (Å²) in [6, 6.07) is 6.35. The summed E-state index contributed by atoms with van der Waals surface area (Å²) in [6.07, 6.45) is 8.12. The normalized spacial score (nSPS) is 11.8. The van der Waals surface area contributed by atoms with Crippen molar-refractivity contribution in [3.05, 3.63) is 35.3 Å². The predicted molar refractivity (Wildman–Crippen MR) is 101 cm³/mol. The first-order valence-corrected chi connectivity index (χ1v) is 9.72. The maximum atomic E-state index is 12.6. The second kappa shape index (κ2) is 9.14. The number of hydrogen-bond acceptors (Lipinski definition) is 5. The summed E-state index contributed by atoms with van der Waals surface area (Å²) >= 11 is 0. The second-order valence-corrected chi connectivity index (χ2v) is 6.76. The Morgan fingerprint density at radius 1 is 1.29 bits per heavy atom. The third-order valence-corrected chi connectivity index (χ3v) is 4.88. The van der Waals surface area contributed by atoms with E-state index in [1.165, 1.54) is 5.56 Å². The molecule has 7 heteroatoms. The van der Waals surface area contributed by atoms with Gasteiger partial charge in [-0.1, -0.05) is 0 Å². The summed E-state index contributed by atoms with van der Waals surface area (Å²) in [4.78, 5) is 12.6. The molecule has 1 aliphatic carbocycles. The third kappa shape index (κ3) is 4.04. The Bertz CT molecular complexity index is 949. The first kappa shape index (κ1) is 19.6. The van der Waals surface area contributed by atoms with Gasteiger partial charge in [0.2, 0.25) is 0 Å². The highest BCUT2D eigenvalue weighted by Gasteiger charge is 2.30. The van der Waals surface area contributed by atoms with Crippen LogP contribution in [0.2, 0.25) is 0 Å². The molecule has 0 unspecified atom stereocenters. The molecule has 0 saturated heterocycles. The van der Waals surface area contributed by atoms with Crippen molar-refractivity contribution in [2.45, 2.75) is 58.5 Å². The van der Waals surface area contributed by atoms with E-state index in [2.05, 4.69) is 22.9 Å². The van der Waals surface area contributed by atoms with Crippen LogP contribution in [0.5, 0.6) is 0 Å². The van der Waals surface area contributed by atoms with E-state index in [1.807, 2.05) is 12.3 Å². The van der Waals surface area contributed by atoms with Gasteiger partial charge in [0, 0.05) is 48.6 Å². The molecular formula is C21H24N5O2+. The SMILES string of the molecule is CCOC(=O)c1c2c(nn1CCCC#N)-c1cc[n+](CCCC#N)cc1CC2. The molecule has 144 valence electrons. The van der Waals surface area contributed by atoms with Gasteiger partial charge in [0.1, 0.15) is 12.2 Å². The fourth-order valence-corrected chi connectivity index (χ4v) is 3.61. The number of nitriles is 2. The molecule has 0 saturated carbocycles. The average Bonchev–Trinajstić information content (AvgIpc) is 3.07. The van der Waals surface area contributed by atoms with Gasteiger partial charge in [0.05, 0.1) is 24.4 Å². The standard InChI is InChI=1S/C21H24N5O2/c1-2-28-21(27)20-18-8-7-16-15-25(12-5-3-10-22)14-9-17(16)19(18)24-26(20)13-6-4-11-23/h9,14-15H,2-8,12-13H2,1H3/q+1. The van der Waals surface area contributed by atoms with Gasteiger partial charge < -0.3 is 4.74 Å². The van der Waals surface area contributed by atoms with Crippen LogP contribution in [0.1, 0.15) is 54.2 Å². The summed E-state index contributed by atoms with van der Waals surface area (Å²) in [5, 5.41) is 22.2. The summed E-state index contributed by atoms with van der Waals surface area (Å²) in [5.41, 5.74) is 4.54. The minimum Gasteiger partial charge on any atom is -0.461 e. The van der Waals surface area contributed by atoms with Crippen LogP contribution in [0.3, 0.4) is 0 Å². The van der Waals surface area contributed by atoms with Crippen LogP contribution in [0.25, 0.3) is 11.3 Å². The van der Waals surface area contributed by atoms with Gasteiger partial charge in [0.15, 0.2) is 12.4 Å². The monoisotopic (exact) mass is 378 g/mol. The molecule has 0 aliphatic heterocycles. The molecule has 28 heavy (non-hydrogen) atoms. The van der Waals surface area contributed by atoms with Crippen molar-refractivity contribution in [1.82, 2.24) is 9.78 Å². The molecule has 1 aliphatic rings. The number of ether oxygens (including phenoxy) is 1. The smallest absolute Gasteiger partial charge is 0.356 e. The number of esters is 1. The lowest BCUT2D eigenvalue weighted by atomic mass is 9.90. The van der Waals surface area contributed by atoms with E-state index in [0.717, 1.165) is 42.6 Å². The molecule has 2 heterocycles. The highest BCUT2D eigenvalue weighted by molar-refractivity contribution is 5.92. The Morgan fingerprint density at radius 2 is 2.07 bits per heavy atom. The quantitative estimate of drug-likeness (QED) is 0.400. The van der Waals surface area contributed by atoms with Crippen molar-refractivity contribution in [2.24, 2.45) is 0 Å². The number of aryl methyl sites for hydroxylation is 3. The molecule has 7 nitrogen and oxygen atoms in total. The molecule has 3 rings (SSSR count). The number of nitrogens with zero attached hydrogens (tertiary/aromatic N) is 5. The molecule has 0 spiro atoms. The van der Waals surface area contributed by atoms with Gasteiger partial charge >= 0.3 is 5.97 Å². The molecule has 0 amide bonds. The molecular weight excluding hydrogens is 354 g/mol. The zero-order chi connectivity index (χ0) is 19.9. The summed E-state index contributed by atoms with van der Waals surface area (Å²) < 4.78 is 9.09. The van der Waals surface area contributed by atoms with E-state index >= 15 is 0 Å². The van der Waals surface area contributed by atoms with Crippen LogP contribution in [0.15, 0.2) is 18.5 Å². The van der Waals surface area contributed by atoms with Gasteiger partial charge in [-0.3, -0.25) is 4.68 Å². The zero-order valence-electron chi connectivity index (χ0n) is 16.1. The number of carbonyl (C=O) groups is 1. The molecule has 0 aromatic carbocycles. The Balaban J connectivity index is 1.95. The number of unbranched alkanes of at least 4 members (excludes halogenated alkanes) is 2. The van der Waals surface area contributed by atoms with Gasteiger partial charge in [-0.15, -0.1) is 0 Å². The van der Waals surface area contributed by atoms with Gasteiger partial charge in [-0.05, 0) is 26.2 Å². The van der Waals surface area contributed by atoms with Crippen molar-refractivity contribution in [3.8, 4) is 23.4 Å². The van der Waals surface area contributed by atoms with E-state index in [1.54, 1.807) is 11.6 Å². The minimum absolute atomic E-state index is 0.316. The number of hydrogen-bond donors (Lipinski definition) is 0. The van der Waals surface area contributed by atoms with E-state index in [4.69, 9.17) is 20.4 Å². The minimum atomic E-state index is -0.348. The number of aromatic nitrogens is 3. The largest absolute Gasteiger partial charge is 0.461 e. The van der Waals surface area contributed by atoms with Crippen LogP contribution in [0.4, 0.5) is 0 Å². The fraction of sp³-hybridized carbons (Fsp3) is 0.476. The van der Waals surface area contributed by atoms with Crippen molar-refractivity contribution in [1.29, 1.82) is 10.5 Å². The molecule has 2 aromatic heterocycles. The number of pyridine rings is 1. The van der Waals surface area contributed by atoms with Crippen LogP contribution in [-0.4, -0.2) is 22.4 Å². The molecule has 0 N–H and O–H groups in total. The highest BCUT2D eigenvalue weighted by atomic mass is 16.5. The molecule has 0 bridgehead atoms. The molecule has 0 radical (unpaired) electrons. The Labute approximate surface area is 164 Å². The first-order valence-electron chi connectivity index (χ1n) is 9.72. The lowest BCUT2D eigenvalue weighted by Gasteiger charge is -2.14. The van der Waals surface area contributed by atoms with Gasteiger partial charge in [0.25, 0.3) is 0 Å². The number of fused-ring (bicyclic) bond motifs is 3. The lowest BCUT2D eigenvalue weighted by Crippen LogP contribution is -2.34. The fourth-order valence-electron chi connectivity index (χ4n) is 3.61. The maximum absolute atomic E-state index is 12.6. The third-order valence-electron chi connectivity index (χ3n) is 4.88. The van der Waals surface area contributed by atoms with Gasteiger partial charge in [-0.2, -0.15) is 15.6 Å². The van der Waals surface area contributed by atoms with Crippen LogP contribution in [0, 0.1) is 22.7 Å². The summed E-state index contributed by atoms with van der Waals surface area (Å²) in [5.74, 6) is -0.348. The van der Waals surface area contributed by atoms with E-state index in [9.17, 15) is 4.79 Å². The Hall–Kier alpha value is -3.19. The number of rotatable bonds is 8. The van der Waals surface area contributed by atoms with Crippen LogP contribution >= 0.6 is 0 Å². The highest BCUT2D eigenvalue weighted by Crippen LogP contribution is 2.34. The first-order chi connectivity index (χ1) is 13.7. The molecule has 2 aromatic rings. The summed E-state index contributed by atoms with van der Waals surface area (Å²) in [7, 11) is 0. The predicted octanol–water partition coefficient (Wildman–Crippen LogP) is 2.72. The number of carbonyl (C=O) groups excluding carboxylic acids is 1. The Kier molecular flexibility index (Phi) is 6.39. The average molecular weight is 378 g/mol. The van der Waals surface area contributed by atoms with Crippen molar-refractivity contribution < 1.29 is 14.1 Å². The van der Waals surface area contributed by atoms with E-state index in [-0.39, 0.29) is 5.97 Å². The molecule has 0 atom stereocenters. The summed E-state index contributed by atoms with van der Waals surface area (Å²) in [6.45, 7) is 3.44. The molecule has 0 fully saturated rings. The maximum Gasteiger partial charge on any atom is 0.356 e. The van der Waals surface area contributed by atoms with Crippen molar-refractivity contribution in [2.75, 3.05) is 6.61 Å². The van der Waals surface area contributed by atoms with Crippen LogP contribution < -0.4 is 4.57 Å². The van der Waals surface area contributed by atoms with Crippen molar-refractivity contribution in [3.63, 3.8) is 0 Å². The van der Waals surface area contributed by atoms with Gasteiger partial charge in [-0.25, -0.2) is 9.36 Å².